The normalized spacial score (nSPS) is 10.9. The van der Waals surface area contributed by atoms with Crippen LogP contribution in [0.25, 0.3) is 0 Å². The Bertz CT molecular complexity index is 858. The van der Waals surface area contributed by atoms with Gasteiger partial charge in [-0.05, 0) is 57.0 Å². The van der Waals surface area contributed by atoms with Gasteiger partial charge in [0.25, 0.3) is 5.91 Å². The minimum atomic E-state index is -0.549. The van der Waals surface area contributed by atoms with Crippen molar-refractivity contribution >= 4 is 29.3 Å². The summed E-state index contributed by atoms with van der Waals surface area (Å²) >= 11 is 6.09. The van der Waals surface area contributed by atoms with E-state index in [1.54, 1.807) is 57.2 Å². The number of hydrogen-bond donors (Lipinski definition) is 2. The number of aryl methyl sites for hydroxylation is 1. The van der Waals surface area contributed by atoms with Gasteiger partial charge in [-0.3, -0.25) is 4.79 Å². The number of amides is 2. The van der Waals surface area contributed by atoms with Crippen LogP contribution >= 0.6 is 11.6 Å². The van der Waals surface area contributed by atoms with Gasteiger partial charge in [0.15, 0.2) is 0 Å². The lowest BCUT2D eigenvalue weighted by Gasteiger charge is -2.19. The van der Waals surface area contributed by atoms with Crippen molar-refractivity contribution in [3.05, 3.63) is 58.1 Å². The zero-order chi connectivity index (χ0) is 20.9. The molecule has 2 amide bonds. The Morgan fingerprint density at radius 3 is 2.32 bits per heavy atom. The second-order valence-corrected chi connectivity index (χ2v) is 7.72. The number of nitrogens with one attached hydrogen (secondary N) is 2. The molecule has 0 heterocycles. The van der Waals surface area contributed by atoms with Crippen molar-refractivity contribution in [3.8, 4) is 5.75 Å². The summed E-state index contributed by atoms with van der Waals surface area (Å²) < 4.78 is 10.5. The molecule has 2 aromatic carbocycles. The number of halogens is 1. The van der Waals surface area contributed by atoms with Gasteiger partial charge in [-0.2, -0.15) is 0 Å². The van der Waals surface area contributed by atoms with Gasteiger partial charge in [0, 0.05) is 23.2 Å². The summed E-state index contributed by atoms with van der Waals surface area (Å²) in [5, 5.41) is 6.08. The first kappa shape index (κ1) is 21.6. The molecule has 0 aliphatic rings. The van der Waals surface area contributed by atoms with E-state index in [1.807, 2.05) is 6.92 Å². The first-order valence-corrected chi connectivity index (χ1v) is 9.18. The van der Waals surface area contributed by atoms with E-state index in [2.05, 4.69) is 10.6 Å². The molecular formula is C21H25ClN2O4. The maximum Gasteiger partial charge on any atom is 0.407 e. The van der Waals surface area contributed by atoms with Crippen LogP contribution in [0.1, 0.15) is 42.3 Å². The molecule has 0 spiro atoms. The highest BCUT2D eigenvalue weighted by Crippen LogP contribution is 2.31. The van der Waals surface area contributed by atoms with Crippen LogP contribution < -0.4 is 15.4 Å². The predicted octanol–water partition coefficient (Wildman–Crippen LogP) is 4.93. The Labute approximate surface area is 170 Å². The fraction of sp³-hybridized carbons (Fsp3) is 0.333. The maximum absolute atomic E-state index is 12.5. The Morgan fingerprint density at radius 2 is 1.75 bits per heavy atom. The highest BCUT2D eigenvalue weighted by atomic mass is 35.5. The molecule has 0 atom stereocenters. The van der Waals surface area contributed by atoms with Crippen molar-refractivity contribution in [3.63, 3.8) is 0 Å². The van der Waals surface area contributed by atoms with E-state index in [0.29, 0.717) is 28.6 Å². The number of hydrogen-bond acceptors (Lipinski definition) is 4. The standard InChI is InChI=1S/C21H25ClN2O4/c1-13-10-17(18(27-5)11-16(13)22)24-19(25)15-8-6-14(7-9-15)12-23-20(26)28-21(2,3)4/h6-11H,12H2,1-5H3,(H,23,26)(H,24,25). The number of carbonyl (C=O) groups is 2. The van der Waals surface area contributed by atoms with Crippen molar-refractivity contribution in [2.45, 2.75) is 39.8 Å². The number of anilines is 1. The van der Waals surface area contributed by atoms with Crippen molar-refractivity contribution in [1.82, 2.24) is 5.32 Å². The molecule has 0 bridgehead atoms. The van der Waals surface area contributed by atoms with Crippen molar-refractivity contribution in [2.24, 2.45) is 0 Å². The molecule has 0 fully saturated rings. The van der Waals surface area contributed by atoms with E-state index in [0.717, 1.165) is 11.1 Å². The molecular weight excluding hydrogens is 380 g/mol. The van der Waals surface area contributed by atoms with Crippen LogP contribution in [0, 0.1) is 6.92 Å². The smallest absolute Gasteiger partial charge is 0.407 e. The van der Waals surface area contributed by atoms with Gasteiger partial charge in [-0.1, -0.05) is 23.7 Å². The molecule has 0 aliphatic heterocycles. The molecule has 0 saturated carbocycles. The van der Waals surface area contributed by atoms with Crippen LogP contribution in [0.15, 0.2) is 36.4 Å². The van der Waals surface area contributed by atoms with Gasteiger partial charge in [-0.25, -0.2) is 4.79 Å². The summed E-state index contributed by atoms with van der Waals surface area (Å²) in [6.45, 7) is 7.57. The van der Waals surface area contributed by atoms with Gasteiger partial charge in [0.05, 0.1) is 12.8 Å². The van der Waals surface area contributed by atoms with E-state index in [9.17, 15) is 9.59 Å². The molecule has 0 unspecified atom stereocenters. The third kappa shape index (κ3) is 6.16. The SMILES string of the molecule is COc1cc(Cl)c(C)cc1NC(=O)c1ccc(CNC(=O)OC(C)(C)C)cc1. The zero-order valence-corrected chi connectivity index (χ0v) is 17.4. The Morgan fingerprint density at radius 1 is 1.11 bits per heavy atom. The van der Waals surface area contributed by atoms with E-state index in [-0.39, 0.29) is 5.91 Å². The summed E-state index contributed by atoms with van der Waals surface area (Å²) in [7, 11) is 1.52. The average molecular weight is 405 g/mol. The molecule has 2 aromatic rings. The fourth-order valence-corrected chi connectivity index (χ4v) is 2.54. The molecule has 2 N–H and O–H groups in total. The summed E-state index contributed by atoms with van der Waals surface area (Å²) in [6, 6.07) is 10.4. The van der Waals surface area contributed by atoms with E-state index < -0.39 is 11.7 Å². The van der Waals surface area contributed by atoms with E-state index in [1.165, 1.54) is 7.11 Å². The van der Waals surface area contributed by atoms with Crippen LogP contribution in [0.5, 0.6) is 5.75 Å². The van der Waals surface area contributed by atoms with Gasteiger partial charge in [0.2, 0.25) is 0 Å². The molecule has 6 nitrogen and oxygen atoms in total. The minimum Gasteiger partial charge on any atom is -0.495 e. The molecule has 0 aromatic heterocycles. The third-order valence-electron chi connectivity index (χ3n) is 3.78. The van der Waals surface area contributed by atoms with Crippen LogP contribution in [-0.4, -0.2) is 24.7 Å². The molecule has 0 aliphatic carbocycles. The van der Waals surface area contributed by atoms with Crippen LogP contribution in [-0.2, 0) is 11.3 Å². The third-order valence-corrected chi connectivity index (χ3v) is 4.19. The van der Waals surface area contributed by atoms with Crippen LogP contribution in [0.4, 0.5) is 10.5 Å². The molecule has 28 heavy (non-hydrogen) atoms. The monoisotopic (exact) mass is 404 g/mol. The molecule has 0 radical (unpaired) electrons. The van der Waals surface area contributed by atoms with E-state index in [4.69, 9.17) is 21.1 Å². The predicted molar refractivity (Wildman–Crippen MR) is 110 cm³/mol. The van der Waals surface area contributed by atoms with Gasteiger partial charge < -0.3 is 20.1 Å². The number of methoxy groups -OCH3 is 1. The zero-order valence-electron chi connectivity index (χ0n) is 16.7. The number of carbonyl (C=O) groups excluding carboxylic acids is 2. The van der Waals surface area contributed by atoms with Gasteiger partial charge in [-0.15, -0.1) is 0 Å². The molecule has 150 valence electrons. The quantitative estimate of drug-likeness (QED) is 0.740. The summed E-state index contributed by atoms with van der Waals surface area (Å²) in [5.41, 5.74) is 2.16. The van der Waals surface area contributed by atoms with Crippen molar-refractivity contribution in [1.29, 1.82) is 0 Å². The highest BCUT2D eigenvalue weighted by molar-refractivity contribution is 6.31. The molecule has 0 saturated heterocycles. The molecule has 7 heteroatoms. The average Bonchev–Trinajstić information content (AvgIpc) is 2.61. The first-order valence-electron chi connectivity index (χ1n) is 8.80. The minimum absolute atomic E-state index is 0.272. The summed E-state index contributed by atoms with van der Waals surface area (Å²) in [5.74, 6) is 0.216. The van der Waals surface area contributed by atoms with Crippen molar-refractivity contribution in [2.75, 3.05) is 12.4 Å². The van der Waals surface area contributed by atoms with Crippen LogP contribution in [0.2, 0.25) is 5.02 Å². The van der Waals surface area contributed by atoms with Crippen molar-refractivity contribution < 1.29 is 19.1 Å². The highest BCUT2D eigenvalue weighted by Gasteiger charge is 2.16. The second-order valence-electron chi connectivity index (χ2n) is 7.31. The summed E-state index contributed by atoms with van der Waals surface area (Å²) in [4.78, 5) is 24.2. The largest absolute Gasteiger partial charge is 0.495 e. The first-order chi connectivity index (χ1) is 13.1. The van der Waals surface area contributed by atoms with E-state index >= 15 is 0 Å². The van der Waals surface area contributed by atoms with Gasteiger partial charge in [0.1, 0.15) is 11.4 Å². The lowest BCUT2D eigenvalue weighted by Crippen LogP contribution is -2.32. The number of alkyl carbamates (subject to hydrolysis) is 1. The maximum atomic E-state index is 12.5. The second kappa shape index (κ2) is 8.97. The number of rotatable bonds is 5. The number of benzene rings is 2. The summed E-state index contributed by atoms with van der Waals surface area (Å²) in [6.07, 6.45) is -0.487. The van der Waals surface area contributed by atoms with Gasteiger partial charge >= 0.3 is 6.09 Å². The lowest BCUT2D eigenvalue weighted by molar-refractivity contribution is 0.0523. The molecule has 2 rings (SSSR count). The Hall–Kier alpha value is -2.73. The fourth-order valence-electron chi connectivity index (χ4n) is 2.39. The topological polar surface area (TPSA) is 76.7 Å². The number of ether oxygens (including phenoxy) is 2. The lowest BCUT2D eigenvalue weighted by atomic mass is 10.1. The Kier molecular flexibility index (Phi) is 6.91. The van der Waals surface area contributed by atoms with Crippen LogP contribution in [0.3, 0.4) is 0 Å². The Balaban J connectivity index is 2.01.